The lowest BCUT2D eigenvalue weighted by Crippen LogP contribution is -1.75. The molecule has 4 heteroatoms. The summed E-state index contributed by atoms with van der Waals surface area (Å²) in [4.78, 5) is 5.15. The zero-order valence-electron chi connectivity index (χ0n) is 7.40. The summed E-state index contributed by atoms with van der Waals surface area (Å²) in [7, 11) is 0. The number of aromatic nitrogens is 3. The van der Waals surface area contributed by atoms with Crippen molar-refractivity contribution < 1.29 is 0 Å². The molecule has 0 unspecified atom stereocenters. The lowest BCUT2D eigenvalue weighted by Gasteiger charge is -1.78. The second-order valence-electron chi connectivity index (χ2n) is 1.95. The molecule has 0 fully saturated rings. The quantitative estimate of drug-likeness (QED) is 0.626. The molecule has 64 valence electrons. The average molecular weight is 181 g/mol. The minimum Gasteiger partial charge on any atom is -0.240 e. The summed E-state index contributed by atoms with van der Waals surface area (Å²) >= 11 is 1.57. The molecular formula is C8H11N3S. The fourth-order valence-corrected chi connectivity index (χ4v) is 1.53. The molecule has 0 radical (unpaired) electrons. The van der Waals surface area contributed by atoms with Gasteiger partial charge in [0.15, 0.2) is 4.83 Å². The van der Waals surface area contributed by atoms with Gasteiger partial charge in [-0.2, -0.15) is 5.10 Å². The maximum absolute atomic E-state index is 4.23. The van der Waals surface area contributed by atoms with E-state index in [0.717, 1.165) is 15.4 Å². The van der Waals surface area contributed by atoms with Crippen LogP contribution in [-0.4, -0.2) is 15.2 Å². The molecule has 0 saturated heterocycles. The molecule has 2 heterocycles. The van der Waals surface area contributed by atoms with Crippen molar-refractivity contribution in [2.24, 2.45) is 0 Å². The Bertz CT molecular complexity index is 323. The number of nitrogens with zero attached hydrogens (tertiary/aromatic N) is 3. The van der Waals surface area contributed by atoms with Crippen molar-refractivity contribution in [3.63, 3.8) is 0 Å². The summed E-state index contributed by atoms with van der Waals surface area (Å²) in [5.74, 6) is 0. The second-order valence-corrected chi connectivity index (χ2v) is 3.14. The molecule has 0 atom stereocenters. The minimum atomic E-state index is 0.917. The minimum absolute atomic E-state index is 0.917. The molecule has 0 aliphatic heterocycles. The Morgan fingerprint density at radius 3 is 2.75 bits per heavy atom. The molecular weight excluding hydrogens is 170 g/mol. The van der Waals surface area contributed by atoms with E-state index in [0.29, 0.717) is 0 Å². The van der Waals surface area contributed by atoms with Gasteiger partial charge in [-0.1, -0.05) is 25.2 Å². The predicted octanol–water partition coefficient (Wildman–Crippen LogP) is 2.42. The van der Waals surface area contributed by atoms with E-state index in [1.165, 1.54) is 0 Å². The standard InChI is InChI=1S/C6H5N3S.C2H6/c1-4-8-5-2-3-7-9-6(5)10-4;1-2/h2-3H,1H3;1-2H3. The van der Waals surface area contributed by atoms with E-state index in [1.54, 1.807) is 17.5 Å². The van der Waals surface area contributed by atoms with E-state index < -0.39 is 0 Å². The van der Waals surface area contributed by atoms with Crippen LogP contribution in [0.4, 0.5) is 0 Å². The van der Waals surface area contributed by atoms with Gasteiger partial charge < -0.3 is 0 Å². The first-order chi connectivity index (χ1) is 5.86. The number of thiazole rings is 1. The van der Waals surface area contributed by atoms with Gasteiger partial charge in [0.1, 0.15) is 5.52 Å². The summed E-state index contributed by atoms with van der Waals surface area (Å²) in [5, 5.41) is 8.69. The molecule has 0 spiro atoms. The van der Waals surface area contributed by atoms with Crippen LogP contribution in [0.2, 0.25) is 0 Å². The van der Waals surface area contributed by atoms with Gasteiger partial charge >= 0.3 is 0 Å². The average Bonchev–Trinajstić information content (AvgIpc) is 2.48. The fraction of sp³-hybridized carbons (Fsp3) is 0.375. The molecule has 0 aliphatic carbocycles. The normalized spacial score (nSPS) is 9.25. The molecule has 0 N–H and O–H groups in total. The lowest BCUT2D eigenvalue weighted by molar-refractivity contribution is 1.08. The van der Waals surface area contributed by atoms with Crippen LogP contribution in [0.3, 0.4) is 0 Å². The summed E-state index contributed by atoms with van der Waals surface area (Å²) in [6.07, 6.45) is 1.65. The summed E-state index contributed by atoms with van der Waals surface area (Å²) in [6, 6.07) is 1.87. The van der Waals surface area contributed by atoms with Crippen LogP contribution in [0.15, 0.2) is 12.3 Å². The molecule has 0 aromatic carbocycles. The van der Waals surface area contributed by atoms with Crippen molar-refractivity contribution in [3.05, 3.63) is 17.3 Å². The zero-order valence-corrected chi connectivity index (χ0v) is 8.22. The van der Waals surface area contributed by atoms with Crippen LogP contribution in [0, 0.1) is 6.92 Å². The third-order valence-corrected chi connectivity index (χ3v) is 2.06. The van der Waals surface area contributed by atoms with Crippen LogP contribution in [0.5, 0.6) is 0 Å². The first kappa shape index (κ1) is 9.06. The summed E-state index contributed by atoms with van der Waals surface area (Å²) < 4.78 is 0. The number of aryl methyl sites for hydroxylation is 1. The second kappa shape index (κ2) is 4.11. The van der Waals surface area contributed by atoms with Gasteiger partial charge in [0, 0.05) is 0 Å². The highest BCUT2D eigenvalue weighted by Gasteiger charge is 1.98. The third-order valence-electron chi connectivity index (χ3n) is 1.19. The molecule has 2 rings (SSSR count). The molecule has 2 aromatic rings. The zero-order chi connectivity index (χ0) is 8.97. The Kier molecular flexibility index (Phi) is 3.10. The van der Waals surface area contributed by atoms with Gasteiger partial charge in [-0.25, -0.2) is 4.98 Å². The van der Waals surface area contributed by atoms with E-state index in [9.17, 15) is 0 Å². The summed E-state index contributed by atoms with van der Waals surface area (Å²) in [6.45, 7) is 5.96. The van der Waals surface area contributed by atoms with Crippen molar-refractivity contribution in [1.82, 2.24) is 15.2 Å². The molecule has 0 bridgehead atoms. The Morgan fingerprint density at radius 2 is 2.08 bits per heavy atom. The maximum atomic E-state index is 4.23. The largest absolute Gasteiger partial charge is 0.240 e. The fourth-order valence-electron chi connectivity index (χ4n) is 0.802. The van der Waals surface area contributed by atoms with Crippen molar-refractivity contribution in [2.75, 3.05) is 0 Å². The third kappa shape index (κ3) is 1.76. The van der Waals surface area contributed by atoms with Gasteiger partial charge in [0.2, 0.25) is 0 Å². The van der Waals surface area contributed by atoms with Crippen molar-refractivity contribution in [3.8, 4) is 0 Å². The lowest BCUT2D eigenvalue weighted by atomic mass is 10.5. The first-order valence-corrected chi connectivity index (χ1v) is 4.73. The van der Waals surface area contributed by atoms with Crippen LogP contribution in [-0.2, 0) is 0 Å². The van der Waals surface area contributed by atoms with Crippen LogP contribution in [0.1, 0.15) is 18.9 Å². The van der Waals surface area contributed by atoms with Crippen LogP contribution >= 0.6 is 11.3 Å². The van der Waals surface area contributed by atoms with Gasteiger partial charge in [-0.15, -0.1) is 5.10 Å². The Hall–Kier alpha value is -1.03. The summed E-state index contributed by atoms with van der Waals surface area (Å²) in [5.41, 5.74) is 0.942. The number of rotatable bonds is 0. The number of fused-ring (bicyclic) bond motifs is 1. The molecule has 0 aliphatic rings. The van der Waals surface area contributed by atoms with E-state index >= 15 is 0 Å². The van der Waals surface area contributed by atoms with Gasteiger partial charge in [0.25, 0.3) is 0 Å². The molecule has 12 heavy (non-hydrogen) atoms. The van der Waals surface area contributed by atoms with Gasteiger partial charge in [-0.05, 0) is 13.0 Å². The van der Waals surface area contributed by atoms with Crippen molar-refractivity contribution in [2.45, 2.75) is 20.8 Å². The maximum Gasteiger partial charge on any atom is 0.166 e. The van der Waals surface area contributed by atoms with Crippen LogP contribution < -0.4 is 0 Å². The van der Waals surface area contributed by atoms with E-state index in [-0.39, 0.29) is 0 Å². The number of hydrogen-bond acceptors (Lipinski definition) is 4. The topological polar surface area (TPSA) is 38.7 Å². The Morgan fingerprint density at radius 1 is 1.33 bits per heavy atom. The van der Waals surface area contributed by atoms with Crippen molar-refractivity contribution in [1.29, 1.82) is 0 Å². The Labute approximate surface area is 75.5 Å². The number of hydrogen-bond donors (Lipinski definition) is 0. The predicted molar refractivity (Wildman–Crippen MR) is 51.3 cm³/mol. The highest BCUT2D eigenvalue weighted by molar-refractivity contribution is 7.18. The monoisotopic (exact) mass is 181 g/mol. The molecule has 0 saturated carbocycles. The van der Waals surface area contributed by atoms with Crippen molar-refractivity contribution >= 4 is 21.7 Å². The van der Waals surface area contributed by atoms with Gasteiger partial charge in [0.05, 0.1) is 11.2 Å². The first-order valence-electron chi connectivity index (χ1n) is 3.91. The Balaban J connectivity index is 0.000000336. The van der Waals surface area contributed by atoms with E-state index in [2.05, 4.69) is 15.2 Å². The van der Waals surface area contributed by atoms with E-state index in [1.807, 2.05) is 26.8 Å². The highest BCUT2D eigenvalue weighted by Crippen LogP contribution is 2.16. The molecule has 3 nitrogen and oxygen atoms in total. The smallest absolute Gasteiger partial charge is 0.166 e. The van der Waals surface area contributed by atoms with E-state index in [4.69, 9.17) is 0 Å². The highest BCUT2D eigenvalue weighted by atomic mass is 32.1. The molecule has 0 amide bonds. The SMILES string of the molecule is CC.Cc1nc2ccnnc2s1. The van der Waals surface area contributed by atoms with Crippen LogP contribution in [0.25, 0.3) is 10.3 Å². The van der Waals surface area contributed by atoms with Gasteiger partial charge in [-0.3, -0.25) is 0 Å². The molecule has 2 aromatic heterocycles.